The summed E-state index contributed by atoms with van der Waals surface area (Å²) in [6.07, 6.45) is 1.50. The monoisotopic (exact) mass is 527 g/mol. The number of ether oxygens (including phenoxy) is 1. The number of carbonyl (C=O) groups is 3. The van der Waals surface area contributed by atoms with Gasteiger partial charge >= 0.3 is 0 Å². The van der Waals surface area contributed by atoms with Gasteiger partial charge in [0, 0.05) is 28.0 Å². The Hall–Kier alpha value is -3.68. The lowest BCUT2D eigenvalue weighted by Gasteiger charge is -2.43. The third kappa shape index (κ3) is 2.65. The van der Waals surface area contributed by atoms with Crippen LogP contribution in [0.1, 0.15) is 41.3 Å². The number of hydrogen-bond acceptors (Lipinski definition) is 5. The van der Waals surface area contributed by atoms with Crippen LogP contribution in [0.3, 0.4) is 0 Å². The summed E-state index contributed by atoms with van der Waals surface area (Å²) in [5.74, 6) is -1.19. The second kappa shape index (κ2) is 8.16. The van der Waals surface area contributed by atoms with Gasteiger partial charge in [-0.2, -0.15) is 0 Å². The number of hydrogen-bond donors (Lipinski definition) is 2. The molecule has 0 saturated carbocycles. The van der Waals surface area contributed by atoms with E-state index in [4.69, 9.17) is 16.3 Å². The number of fused-ring (bicyclic) bond motifs is 7. The molecule has 38 heavy (non-hydrogen) atoms. The average molecular weight is 528 g/mol. The predicted molar refractivity (Wildman–Crippen MR) is 144 cm³/mol. The van der Waals surface area contributed by atoms with Crippen molar-refractivity contribution in [2.75, 3.05) is 23.8 Å². The van der Waals surface area contributed by atoms with Crippen molar-refractivity contribution in [1.29, 1.82) is 0 Å². The topological polar surface area (TPSA) is 87.7 Å². The SMILES string of the molecule is CCOc1ccccc1C(=O)[C@@H]1[C@@H]2CCCN2[C@]2(C(=O)Nc3ccc(Cl)cc32)[C@@]12C(=O)Nc1ccccc12. The lowest BCUT2D eigenvalue weighted by Crippen LogP contribution is -2.62. The molecule has 2 amide bonds. The zero-order valence-electron chi connectivity index (χ0n) is 20.8. The van der Waals surface area contributed by atoms with E-state index in [1.807, 2.05) is 37.3 Å². The number of para-hydroxylation sites is 2. The predicted octanol–water partition coefficient (Wildman–Crippen LogP) is 4.75. The lowest BCUT2D eigenvalue weighted by atomic mass is 9.57. The smallest absolute Gasteiger partial charge is 0.251 e. The number of nitrogens with one attached hydrogen (secondary N) is 2. The van der Waals surface area contributed by atoms with E-state index in [9.17, 15) is 14.4 Å². The Bertz CT molecular complexity index is 1540. The molecule has 0 aliphatic carbocycles. The van der Waals surface area contributed by atoms with Gasteiger partial charge in [0.2, 0.25) is 5.91 Å². The van der Waals surface area contributed by atoms with Crippen LogP contribution in [0, 0.1) is 5.92 Å². The first-order chi connectivity index (χ1) is 18.5. The maximum absolute atomic E-state index is 14.8. The van der Waals surface area contributed by atoms with E-state index >= 15 is 0 Å². The largest absolute Gasteiger partial charge is 0.493 e. The van der Waals surface area contributed by atoms with Crippen molar-refractivity contribution < 1.29 is 19.1 Å². The Kier molecular flexibility index (Phi) is 5.03. The van der Waals surface area contributed by atoms with Gasteiger partial charge in [-0.25, -0.2) is 0 Å². The summed E-state index contributed by atoms with van der Waals surface area (Å²) in [5, 5.41) is 6.57. The Morgan fingerprint density at radius 3 is 2.58 bits per heavy atom. The molecular formula is C30H26ClN3O4. The first-order valence-electron chi connectivity index (χ1n) is 13.0. The number of nitrogens with zero attached hydrogens (tertiary/aromatic N) is 1. The van der Waals surface area contributed by atoms with Crippen LogP contribution in [0.2, 0.25) is 5.02 Å². The van der Waals surface area contributed by atoms with Crippen molar-refractivity contribution in [2.45, 2.75) is 36.8 Å². The minimum Gasteiger partial charge on any atom is -0.493 e. The highest BCUT2D eigenvalue weighted by molar-refractivity contribution is 6.31. The molecule has 2 fully saturated rings. The molecule has 7 nitrogen and oxygen atoms in total. The average Bonchev–Trinajstić information content (AvgIpc) is 3.63. The van der Waals surface area contributed by atoms with Gasteiger partial charge in [-0.1, -0.05) is 41.9 Å². The van der Waals surface area contributed by atoms with E-state index < -0.39 is 16.9 Å². The molecule has 4 aliphatic rings. The van der Waals surface area contributed by atoms with Crippen LogP contribution >= 0.6 is 11.6 Å². The lowest BCUT2D eigenvalue weighted by molar-refractivity contribution is -0.137. The second-order valence-corrected chi connectivity index (χ2v) is 10.8. The summed E-state index contributed by atoms with van der Waals surface area (Å²) < 4.78 is 5.85. The minimum atomic E-state index is -1.51. The molecule has 8 heteroatoms. The molecule has 4 heterocycles. The van der Waals surface area contributed by atoms with Crippen LogP contribution in [0.4, 0.5) is 11.4 Å². The Morgan fingerprint density at radius 2 is 1.74 bits per heavy atom. The van der Waals surface area contributed by atoms with Gasteiger partial charge in [0.1, 0.15) is 16.7 Å². The highest BCUT2D eigenvalue weighted by Gasteiger charge is 2.81. The molecule has 0 unspecified atom stereocenters. The van der Waals surface area contributed by atoms with Crippen LogP contribution in [0.15, 0.2) is 66.7 Å². The van der Waals surface area contributed by atoms with Gasteiger partial charge < -0.3 is 15.4 Å². The summed E-state index contributed by atoms with van der Waals surface area (Å²) >= 11 is 6.52. The van der Waals surface area contributed by atoms with Gasteiger partial charge in [0.05, 0.1) is 18.1 Å². The summed E-state index contributed by atoms with van der Waals surface area (Å²) in [5.41, 5.74) is 0.0137. The highest BCUT2D eigenvalue weighted by Crippen LogP contribution is 2.68. The molecule has 0 radical (unpaired) electrons. The molecule has 3 aromatic carbocycles. The molecule has 3 aromatic rings. The molecule has 2 spiro atoms. The number of benzene rings is 3. The molecule has 7 rings (SSSR count). The number of amides is 2. The number of halogens is 1. The number of rotatable bonds is 4. The minimum absolute atomic E-state index is 0.196. The summed E-state index contributed by atoms with van der Waals surface area (Å²) in [6, 6.07) is 19.5. The zero-order valence-corrected chi connectivity index (χ0v) is 21.5. The molecule has 192 valence electrons. The van der Waals surface area contributed by atoms with Gasteiger partial charge in [0.25, 0.3) is 5.91 Å². The van der Waals surface area contributed by atoms with Gasteiger partial charge in [-0.15, -0.1) is 0 Å². The van der Waals surface area contributed by atoms with Crippen molar-refractivity contribution in [1.82, 2.24) is 4.90 Å². The molecule has 4 aliphatic heterocycles. The molecule has 2 saturated heterocycles. The van der Waals surface area contributed by atoms with Crippen LogP contribution in [0.25, 0.3) is 0 Å². The van der Waals surface area contributed by atoms with Gasteiger partial charge in [-0.3, -0.25) is 19.3 Å². The molecular weight excluding hydrogens is 502 g/mol. The Morgan fingerprint density at radius 1 is 1.00 bits per heavy atom. The fraction of sp³-hybridized carbons (Fsp3) is 0.300. The maximum atomic E-state index is 14.8. The van der Waals surface area contributed by atoms with Crippen molar-refractivity contribution in [3.05, 3.63) is 88.4 Å². The Labute approximate surface area is 225 Å². The van der Waals surface area contributed by atoms with Gasteiger partial charge in [0.15, 0.2) is 5.78 Å². The third-order valence-electron chi connectivity index (χ3n) is 8.79. The molecule has 2 N–H and O–H groups in total. The van der Waals surface area contributed by atoms with Crippen molar-refractivity contribution in [3.8, 4) is 5.75 Å². The van der Waals surface area contributed by atoms with E-state index in [-0.39, 0.29) is 23.6 Å². The van der Waals surface area contributed by atoms with Crippen molar-refractivity contribution in [3.63, 3.8) is 0 Å². The standard InChI is InChI=1S/C30H26ClN3O4/c1-2-38-24-12-6-3-8-18(24)26(35)25-23-11-7-15-34(23)30(20-16-17(31)13-14-22(20)33-28(30)37)29(25)19-9-4-5-10-21(19)32-27(29)36/h3-6,8-10,12-14,16,23,25H,2,7,11,15H2,1H3,(H,32,36)(H,33,37)/t23-,25-,29+,30+/m0/s1. The molecule has 4 atom stereocenters. The molecule has 0 bridgehead atoms. The van der Waals surface area contributed by atoms with E-state index in [1.165, 1.54) is 0 Å². The molecule has 0 aromatic heterocycles. The first kappa shape index (κ1) is 23.4. The first-order valence-corrected chi connectivity index (χ1v) is 13.4. The Balaban J connectivity index is 1.58. The number of anilines is 2. The normalized spacial score (nSPS) is 28.8. The third-order valence-corrected chi connectivity index (χ3v) is 9.03. The summed E-state index contributed by atoms with van der Waals surface area (Å²) in [4.78, 5) is 45.8. The highest BCUT2D eigenvalue weighted by atomic mass is 35.5. The van der Waals surface area contributed by atoms with Gasteiger partial charge in [-0.05, 0) is 68.3 Å². The summed E-state index contributed by atoms with van der Waals surface area (Å²) in [6.45, 7) is 2.85. The van der Waals surface area contributed by atoms with E-state index in [0.29, 0.717) is 58.4 Å². The van der Waals surface area contributed by atoms with E-state index in [2.05, 4.69) is 15.5 Å². The number of carbonyl (C=O) groups excluding carboxylic acids is 3. The van der Waals surface area contributed by atoms with Crippen LogP contribution in [0.5, 0.6) is 5.75 Å². The van der Waals surface area contributed by atoms with Crippen LogP contribution in [-0.4, -0.2) is 41.7 Å². The fourth-order valence-corrected chi connectivity index (χ4v) is 7.84. The number of ketones is 1. The maximum Gasteiger partial charge on any atom is 0.251 e. The van der Waals surface area contributed by atoms with E-state index in [0.717, 1.165) is 6.42 Å². The second-order valence-electron chi connectivity index (χ2n) is 10.3. The quantitative estimate of drug-likeness (QED) is 0.478. The fourth-order valence-electron chi connectivity index (χ4n) is 7.67. The zero-order chi connectivity index (χ0) is 26.2. The van der Waals surface area contributed by atoms with Crippen molar-refractivity contribution >= 4 is 40.6 Å². The van der Waals surface area contributed by atoms with E-state index in [1.54, 1.807) is 36.4 Å². The summed E-state index contributed by atoms with van der Waals surface area (Å²) in [7, 11) is 0. The van der Waals surface area contributed by atoms with Crippen LogP contribution < -0.4 is 15.4 Å². The number of Topliss-reactive ketones (excluding diaryl/α,β-unsaturated/α-hetero) is 1. The van der Waals surface area contributed by atoms with Crippen molar-refractivity contribution in [2.24, 2.45) is 5.92 Å². The van der Waals surface area contributed by atoms with Crippen LogP contribution in [-0.2, 0) is 20.5 Å².